The third kappa shape index (κ3) is 10.4. The van der Waals surface area contributed by atoms with Crippen LogP contribution in [0.4, 0.5) is 61.5 Å². The monoisotopic (exact) mass is 729 g/mol. The first-order chi connectivity index (χ1) is 23.0. The van der Waals surface area contributed by atoms with Crippen molar-refractivity contribution in [3.63, 3.8) is 0 Å². The molecule has 50 heavy (non-hydrogen) atoms. The summed E-state index contributed by atoms with van der Waals surface area (Å²) in [7, 11) is 0. The Morgan fingerprint density at radius 2 is 1.18 bits per heavy atom. The standard InChI is InChI=1S/C19H13N7O3.3C2HF3O2/c27-19(28)24-14-9-21-7-4-11(14)18-25-15-12-2-1-5-22-17(12)23-13-8-20-6-3-10(13)16(15)26(18)29;3*3-2(4,5)1(6)7/h1-9,24,29H,(H,22,23)(H,27,28);3*(H,6,7). The second-order valence-corrected chi connectivity index (χ2v) is 8.65. The molecule has 5 heterocycles. The molecule has 0 bridgehead atoms. The summed E-state index contributed by atoms with van der Waals surface area (Å²) < 4.78 is 96.2. The van der Waals surface area contributed by atoms with Crippen LogP contribution in [0, 0.1) is 0 Å². The van der Waals surface area contributed by atoms with E-state index in [9.17, 15) is 49.5 Å². The number of nitrogens with one attached hydrogen (secondary N) is 2. The Morgan fingerprint density at radius 1 is 0.700 bits per heavy atom. The number of pyridine rings is 3. The van der Waals surface area contributed by atoms with E-state index in [0.717, 1.165) is 4.73 Å². The molecule has 1 aliphatic rings. The molecule has 0 spiro atoms. The minimum atomic E-state index is -5.08. The second kappa shape index (κ2) is 15.5. The van der Waals surface area contributed by atoms with Crippen LogP contribution in [0.25, 0.3) is 33.9 Å². The van der Waals surface area contributed by atoms with E-state index in [1.165, 1.54) is 12.4 Å². The van der Waals surface area contributed by atoms with Crippen molar-refractivity contribution in [2.45, 2.75) is 18.5 Å². The number of hydrogen-bond donors (Lipinski definition) is 7. The van der Waals surface area contributed by atoms with E-state index in [2.05, 4.69) is 30.6 Å². The number of anilines is 3. The highest BCUT2D eigenvalue weighted by molar-refractivity contribution is 5.96. The van der Waals surface area contributed by atoms with E-state index in [0.29, 0.717) is 39.6 Å². The van der Waals surface area contributed by atoms with Crippen LogP contribution in [0.15, 0.2) is 55.2 Å². The molecule has 4 aromatic heterocycles. The first-order valence-corrected chi connectivity index (χ1v) is 12.3. The average Bonchev–Trinajstić information content (AvgIpc) is 3.25. The minimum Gasteiger partial charge on any atom is -0.475 e. The number of aromatic nitrogens is 5. The van der Waals surface area contributed by atoms with Crippen molar-refractivity contribution in [2.24, 2.45) is 0 Å². The van der Waals surface area contributed by atoms with Crippen molar-refractivity contribution < 1.29 is 84.3 Å². The smallest absolute Gasteiger partial charge is 0.475 e. The molecule has 0 unspecified atom stereocenters. The average molecular weight is 729 g/mol. The Balaban J connectivity index is 0.000000338. The predicted octanol–water partition coefficient (Wildman–Crippen LogP) is 5.35. The predicted molar refractivity (Wildman–Crippen MR) is 145 cm³/mol. The van der Waals surface area contributed by atoms with Gasteiger partial charge in [0.1, 0.15) is 17.2 Å². The van der Waals surface area contributed by atoms with E-state index in [1.807, 2.05) is 6.07 Å². The summed E-state index contributed by atoms with van der Waals surface area (Å²) >= 11 is 0. The zero-order chi connectivity index (χ0) is 38.2. The maximum Gasteiger partial charge on any atom is 0.490 e. The van der Waals surface area contributed by atoms with Crippen molar-refractivity contribution in [1.29, 1.82) is 0 Å². The molecule has 5 rings (SSSR count). The molecule has 268 valence electrons. The van der Waals surface area contributed by atoms with Gasteiger partial charge in [0.15, 0.2) is 5.82 Å². The van der Waals surface area contributed by atoms with Gasteiger partial charge < -0.3 is 31.0 Å². The Kier molecular flexibility index (Phi) is 12.2. The lowest BCUT2D eigenvalue weighted by Gasteiger charge is -2.11. The molecule has 0 radical (unpaired) electrons. The van der Waals surface area contributed by atoms with Crippen LogP contribution in [-0.4, -0.2) is 92.8 Å². The van der Waals surface area contributed by atoms with Gasteiger partial charge in [-0.1, -0.05) is 0 Å². The molecule has 25 heteroatoms. The van der Waals surface area contributed by atoms with Gasteiger partial charge in [0, 0.05) is 35.3 Å². The van der Waals surface area contributed by atoms with E-state index < -0.39 is 42.5 Å². The number of halogens is 9. The molecule has 0 fully saturated rings. The van der Waals surface area contributed by atoms with Crippen LogP contribution in [0.1, 0.15) is 0 Å². The number of carboxylic acid groups (broad SMARTS) is 4. The number of carboxylic acids is 3. The fourth-order valence-electron chi connectivity index (χ4n) is 3.34. The van der Waals surface area contributed by atoms with Crippen molar-refractivity contribution in [1.82, 2.24) is 24.7 Å². The molecule has 1 amide bonds. The summed E-state index contributed by atoms with van der Waals surface area (Å²) in [6.07, 6.45) is -8.73. The molecular weight excluding hydrogens is 713 g/mol. The third-order valence-corrected chi connectivity index (χ3v) is 5.28. The van der Waals surface area contributed by atoms with Crippen LogP contribution >= 0.6 is 0 Å². The van der Waals surface area contributed by atoms with Crippen LogP contribution < -0.4 is 10.6 Å². The van der Waals surface area contributed by atoms with E-state index in [4.69, 9.17) is 34.8 Å². The third-order valence-electron chi connectivity index (χ3n) is 5.28. The van der Waals surface area contributed by atoms with Crippen molar-refractivity contribution in [3.05, 3.63) is 55.2 Å². The first kappa shape index (κ1) is 39.5. The number of carbonyl (C=O) groups is 4. The summed E-state index contributed by atoms with van der Waals surface area (Å²) in [6, 6.07) is 6.95. The highest BCUT2D eigenvalue weighted by Crippen LogP contribution is 2.44. The van der Waals surface area contributed by atoms with Gasteiger partial charge in [-0.05, 0) is 24.3 Å². The highest BCUT2D eigenvalue weighted by Gasteiger charge is 2.39. The van der Waals surface area contributed by atoms with Gasteiger partial charge in [-0.15, -0.1) is 0 Å². The zero-order valence-corrected chi connectivity index (χ0v) is 23.7. The van der Waals surface area contributed by atoms with Gasteiger partial charge in [0.25, 0.3) is 0 Å². The van der Waals surface area contributed by atoms with Crippen molar-refractivity contribution in [3.8, 4) is 33.9 Å². The van der Waals surface area contributed by atoms with Gasteiger partial charge in [-0.25, -0.2) is 29.1 Å². The van der Waals surface area contributed by atoms with Crippen molar-refractivity contribution in [2.75, 3.05) is 10.6 Å². The minimum absolute atomic E-state index is 0.167. The number of rotatable bonds is 2. The number of hydrogen-bond acceptors (Lipinski definition) is 10. The van der Waals surface area contributed by atoms with Gasteiger partial charge in [0.2, 0.25) is 0 Å². The number of aliphatic carboxylic acids is 3. The van der Waals surface area contributed by atoms with Gasteiger partial charge in [-0.3, -0.25) is 15.3 Å². The van der Waals surface area contributed by atoms with Crippen LogP contribution in [0.2, 0.25) is 0 Å². The number of amides is 1. The van der Waals surface area contributed by atoms with Crippen LogP contribution in [-0.2, 0) is 14.4 Å². The number of imidazole rings is 1. The molecule has 7 N–H and O–H groups in total. The fourth-order valence-corrected chi connectivity index (χ4v) is 3.34. The quantitative estimate of drug-likeness (QED) is 0.0894. The summed E-state index contributed by atoms with van der Waals surface area (Å²) in [5, 5.41) is 47.1. The molecule has 0 atom stereocenters. The molecule has 4 aromatic rings. The fraction of sp³-hybridized carbons (Fsp3) is 0.120. The highest BCUT2D eigenvalue weighted by atomic mass is 19.4. The van der Waals surface area contributed by atoms with E-state index in [-0.39, 0.29) is 11.5 Å². The summed E-state index contributed by atoms with van der Waals surface area (Å²) in [6.45, 7) is 0. The second-order valence-electron chi connectivity index (χ2n) is 8.65. The Bertz CT molecular complexity index is 1820. The SMILES string of the molecule is O=C(O)C(F)(F)F.O=C(O)C(F)(F)F.O=C(O)C(F)(F)F.O=C(O)Nc1cnccc1-c1nc2c(n1O)-c1ccncc1Nc1ncccc1-2. The maximum atomic E-state index is 11.2. The van der Waals surface area contributed by atoms with Gasteiger partial charge in [0.05, 0.1) is 23.8 Å². The lowest BCUT2D eigenvalue weighted by molar-refractivity contribution is -0.193. The Labute approximate surface area is 269 Å². The van der Waals surface area contributed by atoms with Crippen LogP contribution in [0.5, 0.6) is 0 Å². The summed E-state index contributed by atoms with van der Waals surface area (Å²) in [4.78, 5) is 54.9. The maximum absolute atomic E-state index is 11.2. The number of fused-ring (bicyclic) bond motifs is 5. The summed E-state index contributed by atoms with van der Waals surface area (Å²) in [5.74, 6) is -7.53. The number of alkyl halides is 9. The van der Waals surface area contributed by atoms with Crippen molar-refractivity contribution >= 4 is 41.2 Å². The lowest BCUT2D eigenvalue weighted by atomic mass is 10.1. The number of nitrogens with zero attached hydrogens (tertiary/aromatic N) is 5. The molecule has 0 aliphatic carbocycles. The lowest BCUT2D eigenvalue weighted by Crippen LogP contribution is -2.21. The molecule has 0 saturated heterocycles. The first-order valence-electron chi connectivity index (χ1n) is 12.3. The largest absolute Gasteiger partial charge is 0.490 e. The molecule has 1 aliphatic heterocycles. The zero-order valence-electron chi connectivity index (χ0n) is 23.7. The molecule has 0 aromatic carbocycles. The van der Waals surface area contributed by atoms with E-state index in [1.54, 1.807) is 36.8 Å². The van der Waals surface area contributed by atoms with E-state index >= 15 is 0 Å². The van der Waals surface area contributed by atoms with Gasteiger partial charge >= 0.3 is 42.5 Å². The molecular formula is C25H16F9N7O9. The Hall–Kier alpha value is -6.69. The Morgan fingerprint density at radius 3 is 1.66 bits per heavy atom. The topological polar surface area (TPSA) is 250 Å². The molecule has 0 saturated carbocycles. The molecule has 16 nitrogen and oxygen atoms in total. The van der Waals surface area contributed by atoms with Gasteiger partial charge in [-0.2, -0.15) is 44.2 Å². The summed E-state index contributed by atoms with van der Waals surface area (Å²) in [5.41, 5.74) is 3.55. The van der Waals surface area contributed by atoms with Crippen LogP contribution in [0.3, 0.4) is 0 Å². The normalized spacial score (nSPS) is 11.4.